The van der Waals surface area contributed by atoms with Crippen molar-refractivity contribution in [2.75, 3.05) is 11.9 Å². The highest BCUT2D eigenvalue weighted by molar-refractivity contribution is 6.03. The van der Waals surface area contributed by atoms with E-state index in [1.165, 1.54) is 0 Å². The molecule has 3 aromatic rings. The van der Waals surface area contributed by atoms with E-state index in [1.807, 2.05) is 36.4 Å². The number of nitrogens with one attached hydrogen (secondary N) is 1. The highest BCUT2D eigenvalue weighted by Gasteiger charge is 2.27. The van der Waals surface area contributed by atoms with Gasteiger partial charge in [-0.15, -0.1) is 5.10 Å². The van der Waals surface area contributed by atoms with Gasteiger partial charge in [-0.25, -0.2) is 0 Å². The molecule has 28 heavy (non-hydrogen) atoms. The lowest BCUT2D eigenvalue weighted by Gasteiger charge is -2.23. The third-order valence-corrected chi connectivity index (χ3v) is 4.46. The van der Waals surface area contributed by atoms with Crippen LogP contribution in [0.3, 0.4) is 0 Å². The molecule has 1 N–H and O–H groups in total. The molecule has 1 amide bonds. The Morgan fingerprint density at radius 2 is 1.75 bits per heavy atom. The van der Waals surface area contributed by atoms with Crippen molar-refractivity contribution in [2.45, 2.75) is 32.3 Å². The summed E-state index contributed by atoms with van der Waals surface area (Å²) >= 11 is 0. The maximum atomic E-state index is 12.4. The number of amides is 1. The first-order valence-corrected chi connectivity index (χ1v) is 9.04. The van der Waals surface area contributed by atoms with E-state index in [0.29, 0.717) is 17.1 Å². The number of anilines is 1. The number of benzene rings is 2. The molecule has 0 aliphatic carbocycles. The van der Waals surface area contributed by atoms with E-state index < -0.39 is 6.10 Å². The zero-order chi connectivity index (χ0) is 19.7. The van der Waals surface area contributed by atoms with Gasteiger partial charge in [0.2, 0.25) is 6.10 Å². The third kappa shape index (κ3) is 3.69. The lowest BCUT2D eigenvalue weighted by atomic mass is 9.87. The second-order valence-corrected chi connectivity index (χ2v) is 7.59. The molecule has 2 aromatic carbocycles. The molecule has 2 heterocycles. The maximum absolute atomic E-state index is 12.4. The van der Waals surface area contributed by atoms with Crippen LogP contribution in [-0.4, -0.2) is 22.7 Å². The van der Waals surface area contributed by atoms with Crippen molar-refractivity contribution in [3.8, 4) is 11.5 Å². The molecule has 1 atom stereocenters. The van der Waals surface area contributed by atoms with Crippen LogP contribution in [0, 0.1) is 0 Å². The lowest BCUT2D eigenvalue weighted by molar-refractivity contribution is 0.0716. The molecule has 7 heteroatoms. The number of rotatable bonds is 3. The molecular weight excluding hydrogens is 358 g/mol. The van der Waals surface area contributed by atoms with Gasteiger partial charge >= 0.3 is 6.01 Å². The predicted octanol–water partition coefficient (Wildman–Crippen LogP) is 4.13. The van der Waals surface area contributed by atoms with E-state index in [-0.39, 0.29) is 29.8 Å². The number of hydrogen-bond donors (Lipinski definition) is 1. The monoisotopic (exact) mass is 379 g/mol. The van der Waals surface area contributed by atoms with Crippen molar-refractivity contribution >= 4 is 11.9 Å². The molecule has 0 saturated carbocycles. The van der Waals surface area contributed by atoms with E-state index in [0.717, 1.165) is 5.56 Å². The topological polar surface area (TPSA) is 86.5 Å². The highest BCUT2D eigenvalue weighted by Crippen LogP contribution is 2.35. The van der Waals surface area contributed by atoms with E-state index >= 15 is 0 Å². The van der Waals surface area contributed by atoms with Crippen LogP contribution in [0.4, 0.5) is 6.01 Å². The minimum absolute atomic E-state index is 0.0161. The first kappa shape index (κ1) is 18.0. The first-order chi connectivity index (χ1) is 13.4. The zero-order valence-electron chi connectivity index (χ0n) is 15.9. The number of hydrogen-bond acceptors (Lipinski definition) is 6. The summed E-state index contributed by atoms with van der Waals surface area (Å²) in [6.45, 7) is 6.62. The van der Waals surface area contributed by atoms with Crippen LogP contribution in [0.5, 0.6) is 11.5 Å². The van der Waals surface area contributed by atoms with Crippen molar-refractivity contribution in [2.24, 2.45) is 0 Å². The van der Waals surface area contributed by atoms with Crippen molar-refractivity contribution in [3.05, 3.63) is 65.5 Å². The van der Waals surface area contributed by atoms with Crippen LogP contribution in [0.15, 0.2) is 52.9 Å². The van der Waals surface area contributed by atoms with Crippen LogP contribution >= 0.6 is 0 Å². The van der Waals surface area contributed by atoms with Crippen molar-refractivity contribution in [3.63, 3.8) is 0 Å². The second-order valence-electron chi connectivity index (χ2n) is 7.59. The molecule has 0 fully saturated rings. The van der Waals surface area contributed by atoms with Crippen LogP contribution < -0.4 is 14.8 Å². The summed E-state index contributed by atoms with van der Waals surface area (Å²) in [6, 6.07) is 14.8. The Kier molecular flexibility index (Phi) is 4.50. The van der Waals surface area contributed by atoms with E-state index in [1.54, 1.807) is 12.1 Å². The largest absolute Gasteiger partial charge is 0.485 e. The molecule has 144 valence electrons. The molecule has 0 saturated heterocycles. The summed E-state index contributed by atoms with van der Waals surface area (Å²) < 4.78 is 17.0. The predicted molar refractivity (Wildman–Crippen MR) is 103 cm³/mol. The van der Waals surface area contributed by atoms with Crippen molar-refractivity contribution < 1.29 is 18.7 Å². The van der Waals surface area contributed by atoms with Gasteiger partial charge in [0.15, 0.2) is 11.5 Å². The summed E-state index contributed by atoms with van der Waals surface area (Å²) in [6.07, 6.45) is -0.529. The van der Waals surface area contributed by atoms with Gasteiger partial charge in [0.05, 0.1) is 0 Å². The molecule has 7 nitrogen and oxygen atoms in total. The fourth-order valence-corrected chi connectivity index (χ4v) is 2.85. The lowest BCUT2D eigenvalue weighted by Crippen LogP contribution is -2.21. The number of para-hydroxylation sites is 2. The molecule has 0 bridgehead atoms. The Hall–Kier alpha value is -3.35. The molecule has 0 radical (unpaired) electrons. The summed E-state index contributed by atoms with van der Waals surface area (Å²) in [5.41, 5.74) is 1.69. The fourth-order valence-electron chi connectivity index (χ4n) is 2.85. The van der Waals surface area contributed by atoms with Crippen molar-refractivity contribution in [1.82, 2.24) is 10.2 Å². The van der Waals surface area contributed by atoms with E-state index in [2.05, 4.69) is 36.3 Å². The van der Waals surface area contributed by atoms with Crippen molar-refractivity contribution in [1.29, 1.82) is 0 Å². The van der Waals surface area contributed by atoms with Gasteiger partial charge < -0.3 is 13.9 Å². The van der Waals surface area contributed by atoms with E-state index in [4.69, 9.17) is 13.9 Å². The van der Waals surface area contributed by atoms with Gasteiger partial charge in [0.25, 0.3) is 11.8 Å². The summed E-state index contributed by atoms with van der Waals surface area (Å²) in [4.78, 5) is 12.4. The van der Waals surface area contributed by atoms with Crippen LogP contribution in [-0.2, 0) is 5.41 Å². The second kappa shape index (κ2) is 6.99. The van der Waals surface area contributed by atoms with Crippen LogP contribution in [0.2, 0.25) is 0 Å². The number of carbonyl (C=O) groups is 1. The minimum atomic E-state index is -0.529. The SMILES string of the molecule is CC(C)(C)c1ccc(C(=O)Nc2nnc([C@H]3COc4ccccc4O3)o2)cc1. The Balaban J connectivity index is 1.43. The molecular formula is C21H21N3O4. The Labute approximate surface area is 162 Å². The van der Waals surface area contributed by atoms with Gasteiger partial charge in [-0.2, -0.15) is 0 Å². The molecule has 0 spiro atoms. The maximum Gasteiger partial charge on any atom is 0.322 e. The van der Waals surface area contributed by atoms with Gasteiger partial charge in [-0.05, 0) is 35.2 Å². The molecule has 1 aliphatic heterocycles. The van der Waals surface area contributed by atoms with E-state index in [9.17, 15) is 4.79 Å². The summed E-state index contributed by atoms with van der Waals surface area (Å²) in [5.74, 6) is 1.21. The normalized spacial score (nSPS) is 15.9. The summed E-state index contributed by atoms with van der Waals surface area (Å²) in [7, 11) is 0. The van der Waals surface area contributed by atoms with Crippen LogP contribution in [0.1, 0.15) is 48.7 Å². The smallest absolute Gasteiger partial charge is 0.322 e. The molecule has 1 aromatic heterocycles. The van der Waals surface area contributed by atoms with Crippen LogP contribution in [0.25, 0.3) is 0 Å². The first-order valence-electron chi connectivity index (χ1n) is 9.04. The molecule has 4 rings (SSSR count). The zero-order valence-corrected chi connectivity index (χ0v) is 15.9. The number of fused-ring (bicyclic) bond motifs is 1. The number of ether oxygens (including phenoxy) is 2. The van der Waals surface area contributed by atoms with Gasteiger partial charge in [0, 0.05) is 5.56 Å². The standard InChI is InChI=1S/C21H21N3O4/c1-21(2,3)14-10-8-13(9-11-14)18(25)22-20-24-23-19(28-20)17-12-26-15-6-4-5-7-16(15)27-17/h4-11,17H,12H2,1-3H3,(H,22,24,25)/t17-/m1/s1. The quantitative estimate of drug-likeness (QED) is 0.736. The number of carbonyl (C=O) groups excluding carboxylic acids is 1. The van der Waals surface area contributed by atoms with Gasteiger partial charge in [-0.3, -0.25) is 10.1 Å². The van der Waals surface area contributed by atoms with Gasteiger partial charge in [-0.1, -0.05) is 50.1 Å². The average Bonchev–Trinajstić information content (AvgIpc) is 3.15. The number of nitrogens with zero attached hydrogens (tertiary/aromatic N) is 2. The third-order valence-electron chi connectivity index (χ3n) is 4.46. The minimum Gasteiger partial charge on any atom is -0.485 e. The highest BCUT2D eigenvalue weighted by atomic mass is 16.6. The molecule has 0 unspecified atom stereocenters. The summed E-state index contributed by atoms with van der Waals surface area (Å²) in [5, 5.41) is 10.5. The Morgan fingerprint density at radius 3 is 2.46 bits per heavy atom. The molecule has 1 aliphatic rings. The Bertz CT molecular complexity index is 989. The fraction of sp³-hybridized carbons (Fsp3) is 0.286. The Morgan fingerprint density at radius 1 is 1.04 bits per heavy atom. The number of aromatic nitrogens is 2. The average molecular weight is 379 g/mol. The van der Waals surface area contributed by atoms with Gasteiger partial charge in [0.1, 0.15) is 6.61 Å².